The van der Waals surface area contributed by atoms with Crippen molar-refractivity contribution in [2.45, 2.75) is 50.0 Å². The van der Waals surface area contributed by atoms with Gasteiger partial charge in [0.05, 0.1) is 25.1 Å². The van der Waals surface area contributed by atoms with E-state index in [1.807, 2.05) is 31.7 Å². The molecular formula is C20H28N6O2. The summed E-state index contributed by atoms with van der Waals surface area (Å²) in [4.78, 5) is 11.6. The molecule has 3 aliphatic rings. The lowest BCUT2D eigenvalue weighted by Crippen LogP contribution is -2.46. The molecule has 0 radical (unpaired) electrons. The van der Waals surface area contributed by atoms with E-state index in [0.29, 0.717) is 12.1 Å². The van der Waals surface area contributed by atoms with E-state index in [2.05, 4.69) is 20.3 Å². The van der Waals surface area contributed by atoms with Crippen molar-refractivity contribution in [3.8, 4) is 11.3 Å². The second-order valence-electron chi connectivity index (χ2n) is 8.12. The molecule has 2 aromatic rings. The molecule has 1 unspecified atom stereocenters. The minimum absolute atomic E-state index is 0.277. The van der Waals surface area contributed by atoms with Crippen LogP contribution in [-0.4, -0.2) is 63.9 Å². The first kappa shape index (κ1) is 18.0. The minimum Gasteiger partial charge on any atom is -0.348 e. The van der Waals surface area contributed by atoms with E-state index in [9.17, 15) is 0 Å². The van der Waals surface area contributed by atoms with Crippen LogP contribution < -0.4 is 10.2 Å². The predicted molar refractivity (Wildman–Crippen MR) is 105 cm³/mol. The molecular weight excluding hydrogens is 356 g/mol. The van der Waals surface area contributed by atoms with Gasteiger partial charge in [0.1, 0.15) is 0 Å². The topological polar surface area (TPSA) is 77.3 Å². The van der Waals surface area contributed by atoms with Crippen molar-refractivity contribution in [2.24, 2.45) is 7.05 Å². The number of nitrogens with zero attached hydrogens (tertiary/aromatic N) is 5. The lowest BCUT2D eigenvalue weighted by Gasteiger charge is -2.36. The van der Waals surface area contributed by atoms with Crippen molar-refractivity contribution in [2.75, 3.05) is 31.2 Å². The van der Waals surface area contributed by atoms with Crippen molar-refractivity contribution >= 4 is 5.95 Å². The van der Waals surface area contributed by atoms with Gasteiger partial charge in [0.15, 0.2) is 5.79 Å². The molecule has 0 bridgehead atoms. The molecule has 2 aliphatic heterocycles. The second kappa shape index (κ2) is 7.42. The van der Waals surface area contributed by atoms with Gasteiger partial charge in [0, 0.05) is 63.0 Å². The maximum Gasteiger partial charge on any atom is 0.225 e. The van der Waals surface area contributed by atoms with Gasteiger partial charge in [-0.25, -0.2) is 9.97 Å². The van der Waals surface area contributed by atoms with Gasteiger partial charge >= 0.3 is 0 Å². The monoisotopic (exact) mass is 384 g/mol. The van der Waals surface area contributed by atoms with E-state index in [1.165, 1.54) is 0 Å². The number of hydrogen-bond acceptors (Lipinski definition) is 7. The van der Waals surface area contributed by atoms with Crippen LogP contribution in [-0.2, 0) is 16.5 Å². The third-order valence-corrected chi connectivity index (χ3v) is 6.15. The van der Waals surface area contributed by atoms with Crippen molar-refractivity contribution in [3.05, 3.63) is 24.7 Å². The number of ether oxygens (including phenoxy) is 2. The summed E-state index contributed by atoms with van der Waals surface area (Å²) in [5.74, 6) is 0.529. The molecule has 1 N–H and O–H groups in total. The second-order valence-corrected chi connectivity index (χ2v) is 8.12. The summed E-state index contributed by atoms with van der Waals surface area (Å²) in [6, 6.07) is 2.97. The third-order valence-electron chi connectivity index (χ3n) is 6.15. The molecule has 28 heavy (non-hydrogen) atoms. The summed E-state index contributed by atoms with van der Waals surface area (Å²) in [6.45, 7) is 3.42. The normalized spacial score (nSPS) is 25.0. The van der Waals surface area contributed by atoms with Crippen LogP contribution in [0.25, 0.3) is 11.3 Å². The molecule has 8 heteroatoms. The summed E-state index contributed by atoms with van der Waals surface area (Å²) in [7, 11) is 1.92. The largest absolute Gasteiger partial charge is 0.348 e. The van der Waals surface area contributed by atoms with E-state index in [1.54, 1.807) is 4.68 Å². The van der Waals surface area contributed by atoms with Crippen LogP contribution >= 0.6 is 0 Å². The molecule has 0 aromatic carbocycles. The van der Waals surface area contributed by atoms with E-state index >= 15 is 0 Å². The molecule has 0 amide bonds. The molecule has 1 aliphatic carbocycles. The molecule has 5 rings (SSSR count). The molecule has 150 valence electrons. The Labute approximate surface area is 165 Å². The average molecular weight is 384 g/mol. The molecule has 2 saturated heterocycles. The molecule has 3 fully saturated rings. The fourth-order valence-corrected chi connectivity index (χ4v) is 4.64. The van der Waals surface area contributed by atoms with E-state index in [0.717, 1.165) is 75.6 Å². The predicted octanol–water partition coefficient (Wildman–Crippen LogP) is 1.73. The number of anilines is 1. The molecule has 2 aromatic heterocycles. The zero-order valence-corrected chi connectivity index (χ0v) is 16.4. The minimum atomic E-state index is -0.277. The Hall–Kier alpha value is -2.03. The Balaban J connectivity index is 1.17. The summed E-state index contributed by atoms with van der Waals surface area (Å²) in [5.41, 5.74) is 1.94. The van der Waals surface area contributed by atoms with Gasteiger partial charge in [-0.05, 0) is 25.3 Å². The van der Waals surface area contributed by atoms with Crippen molar-refractivity contribution in [1.82, 2.24) is 25.1 Å². The highest BCUT2D eigenvalue weighted by atomic mass is 16.7. The Morgan fingerprint density at radius 3 is 2.71 bits per heavy atom. The van der Waals surface area contributed by atoms with Crippen LogP contribution in [0.15, 0.2) is 24.7 Å². The first-order valence-corrected chi connectivity index (χ1v) is 10.3. The van der Waals surface area contributed by atoms with Crippen LogP contribution in [0.1, 0.15) is 32.1 Å². The number of hydrogen-bond donors (Lipinski definition) is 1. The fraction of sp³-hybridized carbons (Fsp3) is 0.650. The first-order chi connectivity index (χ1) is 13.7. The van der Waals surface area contributed by atoms with E-state index < -0.39 is 0 Å². The summed E-state index contributed by atoms with van der Waals surface area (Å²) < 4.78 is 13.5. The van der Waals surface area contributed by atoms with Crippen LogP contribution in [0.2, 0.25) is 0 Å². The van der Waals surface area contributed by atoms with Gasteiger partial charge in [-0.1, -0.05) is 0 Å². The van der Waals surface area contributed by atoms with E-state index in [-0.39, 0.29) is 5.79 Å². The molecule has 1 saturated carbocycles. The zero-order chi connectivity index (χ0) is 19.0. The lowest BCUT2D eigenvalue weighted by atomic mass is 9.89. The maximum absolute atomic E-state index is 5.84. The Kier molecular flexibility index (Phi) is 4.78. The Morgan fingerprint density at radius 2 is 1.96 bits per heavy atom. The number of rotatable bonds is 4. The van der Waals surface area contributed by atoms with Crippen molar-refractivity contribution in [1.29, 1.82) is 0 Å². The highest BCUT2D eigenvalue weighted by Gasteiger charge is 2.41. The third kappa shape index (κ3) is 3.64. The molecule has 1 spiro atoms. The summed E-state index contributed by atoms with van der Waals surface area (Å²) in [5, 5.41) is 8.09. The lowest BCUT2D eigenvalue weighted by molar-refractivity contribution is -0.179. The van der Waals surface area contributed by atoms with Crippen molar-refractivity contribution < 1.29 is 9.47 Å². The van der Waals surface area contributed by atoms with Gasteiger partial charge in [-0.3, -0.25) is 4.68 Å². The van der Waals surface area contributed by atoms with E-state index in [4.69, 9.17) is 14.5 Å². The van der Waals surface area contributed by atoms with Crippen LogP contribution in [0.4, 0.5) is 5.95 Å². The molecule has 8 nitrogen and oxygen atoms in total. The highest BCUT2D eigenvalue weighted by Crippen LogP contribution is 2.36. The first-order valence-electron chi connectivity index (χ1n) is 10.3. The molecule has 4 heterocycles. The SMILES string of the molecule is Cn1cc(-c2ccnc(N3CCC(NC4CCC5(CC4)OCCO5)C3)n2)cn1. The van der Waals surface area contributed by atoms with Crippen LogP contribution in [0, 0.1) is 0 Å². The van der Waals surface area contributed by atoms with Gasteiger partial charge in [0.2, 0.25) is 5.95 Å². The number of aryl methyl sites for hydroxylation is 1. The summed E-state index contributed by atoms with van der Waals surface area (Å²) in [6.07, 6.45) is 11.0. The highest BCUT2D eigenvalue weighted by molar-refractivity contribution is 5.58. The molecule has 1 atom stereocenters. The van der Waals surface area contributed by atoms with Gasteiger partial charge in [-0.15, -0.1) is 0 Å². The number of nitrogens with one attached hydrogen (secondary N) is 1. The number of aromatic nitrogens is 4. The van der Waals surface area contributed by atoms with Crippen LogP contribution in [0.3, 0.4) is 0 Å². The van der Waals surface area contributed by atoms with Gasteiger partial charge in [0.25, 0.3) is 0 Å². The smallest absolute Gasteiger partial charge is 0.225 e. The summed E-state index contributed by atoms with van der Waals surface area (Å²) >= 11 is 0. The van der Waals surface area contributed by atoms with Crippen LogP contribution in [0.5, 0.6) is 0 Å². The Morgan fingerprint density at radius 1 is 1.14 bits per heavy atom. The fourth-order valence-electron chi connectivity index (χ4n) is 4.64. The van der Waals surface area contributed by atoms with Gasteiger partial charge in [-0.2, -0.15) is 5.10 Å². The van der Waals surface area contributed by atoms with Gasteiger partial charge < -0.3 is 19.7 Å². The quantitative estimate of drug-likeness (QED) is 0.860. The van der Waals surface area contributed by atoms with Crippen molar-refractivity contribution in [3.63, 3.8) is 0 Å². The Bertz CT molecular complexity index is 809. The maximum atomic E-state index is 5.84. The standard InChI is InChI=1S/C20H28N6O2/c1-25-13-15(12-22-25)18-4-8-21-19(24-18)26-9-5-17(14-26)23-16-2-6-20(7-3-16)27-10-11-28-20/h4,8,12-13,16-17,23H,2-3,5-7,9-11,14H2,1H3. The zero-order valence-electron chi connectivity index (χ0n) is 16.4. The average Bonchev–Trinajstić information content (AvgIpc) is 3.46.